The van der Waals surface area contributed by atoms with Crippen LogP contribution in [0.25, 0.3) is 0 Å². The second-order valence-corrected chi connectivity index (χ2v) is 9.45. The van der Waals surface area contributed by atoms with Gasteiger partial charge in [0, 0.05) is 11.7 Å². The van der Waals surface area contributed by atoms with Crippen molar-refractivity contribution in [3.05, 3.63) is 54.1 Å². The van der Waals surface area contributed by atoms with E-state index in [1.54, 1.807) is 0 Å². The monoisotopic (exact) mass is 420 g/mol. The highest BCUT2D eigenvalue weighted by atomic mass is 32.2. The normalized spacial score (nSPS) is 15.5. The molecule has 0 aromatic heterocycles. The summed E-state index contributed by atoms with van der Waals surface area (Å²) in [6.07, 6.45) is -3.08. The van der Waals surface area contributed by atoms with Gasteiger partial charge in [-0.3, -0.25) is 4.72 Å². The average Bonchev–Trinajstić information content (AvgIpc) is 3.37. The van der Waals surface area contributed by atoms with E-state index < -0.39 is 31.8 Å². The van der Waals surface area contributed by atoms with Gasteiger partial charge < -0.3 is 0 Å². The van der Waals surface area contributed by atoms with Gasteiger partial charge in [-0.2, -0.15) is 13.2 Å². The van der Waals surface area contributed by atoms with Crippen LogP contribution in [0.2, 0.25) is 0 Å². The summed E-state index contributed by atoms with van der Waals surface area (Å²) in [5.41, 5.74) is -0.989. The molecule has 27 heavy (non-hydrogen) atoms. The third kappa shape index (κ3) is 4.79. The maximum atomic E-state index is 12.6. The molecule has 1 fully saturated rings. The molecule has 1 aliphatic rings. The van der Waals surface area contributed by atoms with Crippen molar-refractivity contribution in [3.63, 3.8) is 0 Å². The van der Waals surface area contributed by atoms with Crippen LogP contribution in [-0.4, -0.2) is 22.9 Å². The standard InChI is InChI=1S/C16H15F3N2O4S2/c17-16(18,19)11-4-6-12(7-5-11)20-26(22,23)14-2-1-3-15(10-14)27(24,25)21-13-8-9-13/h1-7,10,13,20-21H,8-9H2. The van der Waals surface area contributed by atoms with Crippen LogP contribution in [0.1, 0.15) is 18.4 Å². The molecular weight excluding hydrogens is 405 g/mol. The van der Waals surface area contributed by atoms with Crippen LogP contribution < -0.4 is 9.44 Å². The van der Waals surface area contributed by atoms with E-state index in [-0.39, 0.29) is 21.5 Å². The summed E-state index contributed by atoms with van der Waals surface area (Å²) in [6.45, 7) is 0. The Morgan fingerprint density at radius 2 is 1.41 bits per heavy atom. The number of hydrogen-bond donors (Lipinski definition) is 2. The molecule has 146 valence electrons. The van der Waals surface area contributed by atoms with Crippen molar-refractivity contribution >= 4 is 25.7 Å². The highest BCUT2D eigenvalue weighted by Gasteiger charge is 2.30. The fourth-order valence-corrected chi connectivity index (χ4v) is 4.77. The highest BCUT2D eigenvalue weighted by molar-refractivity contribution is 7.93. The molecule has 1 aliphatic carbocycles. The fraction of sp³-hybridized carbons (Fsp3) is 0.250. The molecule has 0 radical (unpaired) electrons. The molecule has 0 atom stereocenters. The van der Waals surface area contributed by atoms with Gasteiger partial charge in [-0.05, 0) is 55.3 Å². The maximum absolute atomic E-state index is 12.6. The zero-order valence-corrected chi connectivity index (χ0v) is 15.3. The van der Waals surface area contributed by atoms with Gasteiger partial charge >= 0.3 is 6.18 Å². The summed E-state index contributed by atoms with van der Waals surface area (Å²) in [5, 5.41) is 0. The third-order valence-electron chi connectivity index (χ3n) is 3.79. The molecule has 0 saturated heterocycles. The molecule has 0 heterocycles. The van der Waals surface area contributed by atoms with Crippen LogP contribution in [0.3, 0.4) is 0 Å². The van der Waals surface area contributed by atoms with E-state index in [2.05, 4.69) is 9.44 Å². The summed E-state index contributed by atoms with van der Waals surface area (Å²) >= 11 is 0. The van der Waals surface area contributed by atoms with Crippen LogP contribution >= 0.6 is 0 Å². The minimum absolute atomic E-state index is 0.0765. The topological polar surface area (TPSA) is 92.3 Å². The Kier molecular flexibility index (Phi) is 4.95. The number of benzene rings is 2. The van der Waals surface area contributed by atoms with E-state index in [1.165, 1.54) is 18.2 Å². The minimum atomic E-state index is -4.53. The number of alkyl halides is 3. The summed E-state index contributed by atoms with van der Waals surface area (Å²) < 4.78 is 91.6. The predicted octanol–water partition coefficient (Wildman–Crippen LogP) is 2.95. The first-order valence-electron chi connectivity index (χ1n) is 7.80. The minimum Gasteiger partial charge on any atom is -0.280 e. The molecule has 3 rings (SSSR count). The van der Waals surface area contributed by atoms with Crippen LogP contribution in [0, 0.1) is 0 Å². The molecule has 0 amide bonds. The molecule has 11 heteroatoms. The van der Waals surface area contributed by atoms with Crippen molar-refractivity contribution in [1.82, 2.24) is 4.72 Å². The third-order valence-corrected chi connectivity index (χ3v) is 6.69. The molecular formula is C16H15F3N2O4S2. The number of sulfonamides is 2. The molecule has 1 saturated carbocycles. The number of rotatable bonds is 6. The Labute approximate surface area is 154 Å². The molecule has 0 bridgehead atoms. The Balaban J connectivity index is 1.83. The van der Waals surface area contributed by atoms with E-state index in [0.29, 0.717) is 0 Å². The Morgan fingerprint density at radius 1 is 0.852 bits per heavy atom. The summed E-state index contributed by atoms with van der Waals surface area (Å²) in [7, 11) is -8.02. The lowest BCUT2D eigenvalue weighted by Gasteiger charge is -2.11. The smallest absolute Gasteiger partial charge is 0.280 e. The van der Waals surface area contributed by atoms with Gasteiger partial charge in [0.1, 0.15) is 0 Å². The average molecular weight is 420 g/mol. The van der Waals surface area contributed by atoms with Gasteiger partial charge in [0.25, 0.3) is 10.0 Å². The van der Waals surface area contributed by atoms with Gasteiger partial charge in [0.15, 0.2) is 0 Å². The molecule has 0 aliphatic heterocycles. The Morgan fingerprint density at radius 3 is 1.93 bits per heavy atom. The Bertz CT molecular complexity index is 1050. The number of anilines is 1. The van der Waals surface area contributed by atoms with Crippen LogP contribution in [0.5, 0.6) is 0 Å². The molecule has 6 nitrogen and oxygen atoms in total. The van der Waals surface area contributed by atoms with Gasteiger partial charge in [-0.15, -0.1) is 0 Å². The largest absolute Gasteiger partial charge is 0.416 e. The first-order chi connectivity index (χ1) is 12.5. The zero-order chi connectivity index (χ0) is 19.9. The first-order valence-corrected chi connectivity index (χ1v) is 10.8. The van der Waals surface area contributed by atoms with Gasteiger partial charge in [-0.25, -0.2) is 21.6 Å². The maximum Gasteiger partial charge on any atom is 0.416 e. The van der Waals surface area contributed by atoms with E-state index in [1.807, 2.05) is 0 Å². The number of halogens is 3. The van der Waals surface area contributed by atoms with E-state index in [9.17, 15) is 30.0 Å². The highest BCUT2D eigenvalue weighted by Crippen LogP contribution is 2.30. The Hall–Kier alpha value is -2.11. The van der Waals surface area contributed by atoms with Gasteiger partial charge in [0.2, 0.25) is 10.0 Å². The summed E-state index contributed by atoms with van der Waals surface area (Å²) in [5.74, 6) is 0. The van der Waals surface area contributed by atoms with Crippen molar-refractivity contribution in [2.45, 2.75) is 34.9 Å². The van der Waals surface area contributed by atoms with Crippen molar-refractivity contribution < 1.29 is 30.0 Å². The SMILES string of the molecule is O=S(=O)(Nc1ccc(C(F)(F)F)cc1)c1cccc(S(=O)(=O)NC2CC2)c1. The van der Waals surface area contributed by atoms with Crippen LogP contribution in [-0.2, 0) is 26.2 Å². The van der Waals surface area contributed by atoms with E-state index in [0.717, 1.165) is 43.2 Å². The fourth-order valence-electron chi connectivity index (χ4n) is 2.24. The van der Waals surface area contributed by atoms with Crippen LogP contribution in [0.4, 0.5) is 18.9 Å². The van der Waals surface area contributed by atoms with Gasteiger partial charge in [-0.1, -0.05) is 6.07 Å². The lowest BCUT2D eigenvalue weighted by molar-refractivity contribution is -0.137. The van der Waals surface area contributed by atoms with Gasteiger partial charge in [0.05, 0.1) is 15.4 Å². The second-order valence-electron chi connectivity index (χ2n) is 6.05. The molecule has 0 unspecified atom stereocenters. The lowest BCUT2D eigenvalue weighted by Crippen LogP contribution is -2.26. The second kappa shape index (κ2) is 6.80. The summed E-state index contributed by atoms with van der Waals surface area (Å²) in [4.78, 5) is -0.522. The number of hydrogen-bond acceptors (Lipinski definition) is 4. The first kappa shape index (κ1) is 19.6. The molecule has 2 aromatic rings. The van der Waals surface area contributed by atoms with E-state index in [4.69, 9.17) is 0 Å². The van der Waals surface area contributed by atoms with Crippen molar-refractivity contribution in [3.8, 4) is 0 Å². The van der Waals surface area contributed by atoms with E-state index >= 15 is 0 Å². The quantitative estimate of drug-likeness (QED) is 0.752. The van der Waals surface area contributed by atoms with Crippen molar-refractivity contribution in [2.24, 2.45) is 0 Å². The van der Waals surface area contributed by atoms with Crippen molar-refractivity contribution in [2.75, 3.05) is 4.72 Å². The molecule has 0 spiro atoms. The van der Waals surface area contributed by atoms with Crippen molar-refractivity contribution in [1.29, 1.82) is 0 Å². The predicted molar refractivity (Wildman–Crippen MR) is 92.0 cm³/mol. The van der Waals surface area contributed by atoms with Crippen LogP contribution in [0.15, 0.2) is 58.3 Å². The zero-order valence-electron chi connectivity index (χ0n) is 13.7. The lowest BCUT2D eigenvalue weighted by atomic mass is 10.2. The molecule has 2 aromatic carbocycles. The number of nitrogens with one attached hydrogen (secondary N) is 2. The molecule has 2 N–H and O–H groups in total. The summed E-state index contributed by atoms with van der Waals surface area (Å²) in [6, 6.07) is 8.06.